The van der Waals surface area contributed by atoms with Gasteiger partial charge in [-0.25, -0.2) is 0 Å². The first-order chi connectivity index (χ1) is 11.1. The molecule has 5 heteroatoms. The van der Waals surface area contributed by atoms with Gasteiger partial charge < -0.3 is 9.80 Å². The van der Waals surface area contributed by atoms with Crippen LogP contribution in [0.5, 0.6) is 0 Å². The van der Waals surface area contributed by atoms with Gasteiger partial charge in [-0.2, -0.15) is 0 Å². The fraction of sp³-hybridized carbons (Fsp3) is 0.889. The number of piperazine rings is 1. The van der Waals surface area contributed by atoms with E-state index in [4.69, 9.17) is 0 Å². The highest BCUT2D eigenvalue weighted by Crippen LogP contribution is 2.25. The van der Waals surface area contributed by atoms with Crippen LogP contribution in [-0.4, -0.2) is 71.8 Å². The maximum atomic E-state index is 12.7. The van der Waals surface area contributed by atoms with E-state index in [1.165, 1.54) is 32.1 Å². The zero-order valence-corrected chi connectivity index (χ0v) is 14.5. The SMILES string of the molecule is CC(=O)N1CCC(C(=O)N2CCN(C3CCCCC3)CC2)CC1. The molecule has 23 heavy (non-hydrogen) atoms. The summed E-state index contributed by atoms with van der Waals surface area (Å²) in [6, 6.07) is 0.764. The topological polar surface area (TPSA) is 43.9 Å². The summed E-state index contributed by atoms with van der Waals surface area (Å²) in [6.45, 7) is 6.98. The van der Waals surface area contributed by atoms with Gasteiger partial charge in [-0.3, -0.25) is 14.5 Å². The highest BCUT2D eigenvalue weighted by atomic mass is 16.2. The van der Waals surface area contributed by atoms with E-state index in [-0.39, 0.29) is 11.8 Å². The molecule has 5 nitrogen and oxygen atoms in total. The number of amides is 2. The Labute approximate surface area is 140 Å². The lowest BCUT2D eigenvalue weighted by molar-refractivity contribution is -0.141. The van der Waals surface area contributed by atoms with Crippen molar-refractivity contribution in [3.63, 3.8) is 0 Å². The van der Waals surface area contributed by atoms with Crippen molar-refractivity contribution in [2.45, 2.75) is 57.9 Å². The Bertz CT molecular complexity index is 418. The van der Waals surface area contributed by atoms with E-state index in [0.29, 0.717) is 5.91 Å². The molecule has 3 aliphatic rings. The molecule has 2 heterocycles. The van der Waals surface area contributed by atoms with Crippen molar-refractivity contribution in [3.8, 4) is 0 Å². The number of piperidine rings is 1. The minimum absolute atomic E-state index is 0.131. The number of hydrogen-bond donors (Lipinski definition) is 0. The lowest BCUT2D eigenvalue weighted by Crippen LogP contribution is -2.54. The molecular formula is C18H31N3O2. The fourth-order valence-corrected chi connectivity index (χ4v) is 4.45. The summed E-state index contributed by atoms with van der Waals surface area (Å²) in [5.74, 6) is 0.598. The number of likely N-dealkylation sites (tertiary alicyclic amines) is 1. The summed E-state index contributed by atoms with van der Waals surface area (Å²) in [6.07, 6.45) is 8.50. The van der Waals surface area contributed by atoms with Gasteiger partial charge in [-0.05, 0) is 25.7 Å². The van der Waals surface area contributed by atoms with Crippen molar-refractivity contribution in [1.82, 2.24) is 14.7 Å². The molecule has 1 aliphatic carbocycles. The molecule has 0 spiro atoms. The number of rotatable bonds is 2. The molecule has 0 atom stereocenters. The van der Waals surface area contributed by atoms with Crippen LogP contribution in [0.15, 0.2) is 0 Å². The Morgan fingerprint density at radius 3 is 1.91 bits per heavy atom. The lowest BCUT2D eigenvalue weighted by Gasteiger charge is -2.42. The normalized spacial score (nSPS) is 25.6. The maximum absolute atomic E-state index is 12.7. The Hall–Kier alpha value is -1.10. The van der Waals surface area contributed by atoms with Crippen LogP contribution >= 0.6 is 0 Å². The van der Waals surface area contributed by atoms with Crippen molar-refractivity contribution < 1.29 is 9.59 Å². The molecule has 0 aromatic rings. The Morgan fingerprint density at radius 1 is 0.739 bits per heavy atom. The minimum atomic E-state index is 0.131. The van der Waals surface area contributed by atoms with Crippen LogP contribution in [0.1, 0.15) is 51.9 Å². The number of carbonyl (C=O) groups is 2. The van der Waals surface area contributed by atoms with Crippen LogP contribution in [0.3, 0.4) is 0 Å². The third kappa shape index (κ3) is 4.06. The molecule has 0 radical (unpaired) electrons. The number of nitrogens with zero attached hydrogens (tertiary/aromatic N) is 3. The van der Waals surface area contributed by atoms with E-state index in [1.807, 2.05) is 4.90 Å². The minimum Gasteiger partial charge on any atom is -0.343 e. The third-order valence-electron chi connectivity index (χ3n) is 6.01. The third-order valence-corrected chi connectivity index (χ3v) is 6.01. The summed E-state index contributed by atoms with van der Waals surface area (Å²) in [7, 11) is 0. The van der Waals surface area contributed by atoms with Crippen molar-refractivity contribution in [2.75, 3.05) is 39.3 Å². The molecule has 3 fully saturated rings. The summed E-state index contributed by atoms with van der Waals surface area (Å²) in [5.41, 5.74) is 0. The summed E-state index contributed by atoms with van der Waals surface area (Å²) < 4.78 is 0. The molecule has 0 unspecified atom stereocenters. The zero-order valence-electron chi connectivity index (χ0n) is 14.5. The molecule has 1 saturated carbocycles. The van der Waals surface area contributed by atoms with E-state index in [2.05, 4.69) is 9.80 Å². The predicted molar refractivity (Wildman–Crippen MR) is 90.0 cm³/mol. The smallest absolute Gasteiger partial charge is 0.225 e. The zero-order chi connectivity index (χ0) is 16.2. The number of carbonyl (C=O) groups excluding carboxylic acids is 2. The van der Waals surface area contributed by atoms with Gasteiger partial charge in [0, 0.05) is 58.2 Å². The average molecular weight is 321 g/mol. The molecule has 130 valence electrons. The Morgan fingerprint density at radius 2 is 1.35 bits per heavy atom. The molecule has 0 aromatic carbocycles. The van der Waals surface area contributed by atoms with Gasteiger partial charge in [0.05, 0.1) is 0 Å². The standard InChI is InChI=1S/C18H31N3O2/c1-15(22)19-9-7-16(8-10-19)18(23)21-13-11-20(12-14-21)17-5-3-2-4-6-17/h16-17H,2-14H2,1H3. The van der Waals surface area contributed by atoms with Crippen LogP contribution in [-0.2, 0) is 9.59 Å². The monoisotopic (exact) mass is 321 g/mol. The molecule has 0 aromatic heterocycles. The second-order valence-corrected chi connectivity index (χ2v) is 7.43. The number of hydrogen-bond acceptors (Lipinski definition) is 3. The largest absolute Gasteiger partial charge is 0.343 e. The van der Waals surface area contributed by atoms with Crippen LogP contribution in [0, 0.1) is 5.92 Å². The van der Waals surface area contributed by atoms with Gasteiger partial charge in [0.2, 0.25) is 11.8 Å². The van der Waals surface area contributed by atoms with Gasteiger partial charge >= 0.3 is 0 Å². The first kappa shape index (κ1) is 16.7. The lowest BCUT2D eigenvalue weighted by atomic mass is 9.93. The Balaban J connectivity index is 1.44. The van der Waals surface area contributed by atoms with Crippen LogP contribution in [0.2, 0.25) is 0 Å². The first-order valence-electron chi connectivity index (χ1n) is 9.43. The molecule has 0 N–H and O–H groups in total. The van der Waals surface area contributed by atoms with E-state index in [9.17, 15) is 9.59 Å². The van der Waals surface area contributed by atoms with Crippen LogP contribution in [0.25, 0.3) is 0 Å². The van der Waals surface area contributed by atoms with Crippen molar-refractivity contribution in [2.24, 2.45) is 5.92 Å². The van der Waals surface area contributed by atoms with E-state index in [1.54, 1.807) is 6.92 Å². The highest BCUT2D eigenvalue weighted by molar-refractivity contribution is 5.79. The summed E-state index contributed by atoms with van der Waals surface area (Å²) >= 11 is 0. The van der Waals surface area contributed by atoms with Gasteiger partial charge in [0.15, 0.2) is 0 Å². The van der Waals surface area contributed by atoms with E-state index < -0.39 is 0 Å². The maximum Gasteiger partial charge on any atom is 0.225 e. The quantitative estimate of drug-likeness (QED) is 0.778. The summed E-state index contributed by atoms with van der Waals surface area (Å²) in [5, 5.41) is 0. The highest BCUT2D eigenvalue weighted by Gasteiger charge is 2.32. The van der Waals surface area contributed by atoms with Crippen molar-refractivity contribution in [1.29, 1.82) is 0 Å². The van der Waals surface area contributed by atoms with Crippen LogP contribution in [0.4, 0.5) is 0 Å². The van der Waals surface area contributed by atoms with E-state index in [0.717, 1.165) is 58.2 Å². The summed E-state index contributed by atoms with van der Waals surface area (Å²) in [4.78, 5) is 30.7. The van der Waals surface area contributed by atoms with Gasteiger partial charge in [0.1, 0.15) is 0 Å². The first-order valence-corrected chi connectivity index (χ1v) is 9.43. The molecule has 2 amide bonds. The van der Waals surface area contributed by atoms with Gasteiger partial charge in [0.25, 0.3) is 0 Å². The molecule has 2 aliphatic heterocycles. The molecule has 0 bridgehead atoms. The molecule has 3 rings (SSSR count). The molecular weight excluding hydrogens is 290 g/mol. The van der Waals surface area contributed by atoms with Crippen LogP contribution < -0.4 is 0 Å². The van der Waals surface area contributed by atoms with E-state index >= 15 is 0 Å². The fourth-order valence-electron chi connectivity index (χ4n) is 4.45. The van der Waals surface area contributed by atoms with Crippen molar-refractivity contribution >= 4 is 11.8 Å². The van der Waals surface area contributed by atoms with Gasteiger partial charge in [-0.15, -0.1) is 0 Å². The van der Waals surface area contributed by atoms with Gasteiger partial charge in [-0.1, -0.05) is 19.3 Å². The van der Waals surface area contributed by atoms with Crippen molar-refractivity contribution in [3.05, 3.63) is 0 Å². The average Bonchev–Trinajstić information content (AvgIpc) is 2.62. The Kier molecular flexibility index (Phi) is 5.57. The predicted octanol–water partition coefficient (Wildman–Crippen LogP) is 1.72. The second kappa shape index (κ2) is 7.65. The molecule has 2 saturated heterocycles. The second-order valence-electron chi connectivity index (χ2n) is 7.43.